The molecule has 20 heteroatoms. The molecule has 0 saturated heterocycles. The van der Waals surface area contributed by atoms with Crippen LogP contribution in [0, 0.1) is 29.1 Å². The maximum absolute atomic E-state index is 14.1. The number of nitrogens with one attached hydrogen (secondary N) is 2. The minimum Gasteiger partial charge on any atom is -0.386 e. The molecule has 10 nitrogen and oxygen atoms in total. The van der Waals surface area contributed by atoms with Crippen LogP contribution in [0.25, 0.3) is 0 Å². The van der Waals surface area contributed by atoms with E-state index in [0.717, 1.165) is 37.8 Å². The van der Waals surface area contributed by atoms with Crippen LogP contribution >= 0.6 is 0 Å². The molecule has 0 aromatic heterocycles. The van der Waals surface area contributed by atoms with Gasteiger partial charge in [0.2, 0.25) is 5.82 Å². The monoisotopic (exact) mass is 812 g/mol. The quantitative estimate of drug-likeness (QED) is 0.0419. The van der Waals surface area contributed by atoms with E-state index in [1.54, 1.807) is 0 Å². The molecule has 0 aliphatic heterocycles. The highest BCUT2D eigenvalue weighted by atomic mass is 32.2. The molecule has 0 heterocycles. The minimum atomic E-state index is -4.49. The van der Waals surface area contributed by atoms with Gasteiger partial charge in [-0.3, -0.25) is 9.11 Å². The van der Waals surface area contributed by atoms with Crippen LogP contribution in [0.1, 0.15) is 106 Å². The highest BCUT2D eigenvalue weighted by Crippen LogP contribution is 2.42. The number of aliphatic hydroxyl groups excluding tert-OH is 2. The summed E-state index contributed by atoms with van der Waals surface area (Å²) in [7, 11) is -8.28. The van der Waals surface area contributed by atoms with Gasteiger partial charge in [0.15, 0.2) is 23.3 Å². The normalized spacial score (nSPS) is 18.9. The van der Waals surface area contributed by atoms with Gasteiger partial charge in [0.05, 0.1) is 28.7 Å². The number of benzene rings is 2. The topological polar surface area (TPSA) is 173 Å². The van der Waals surface area contributed by atoms with Gasteiger partial charge in [0, 0.05) is 11.1 Å². The molecule has 0 spiro atoms. The van der Waals surface area contributed by atoms with Gasteiger partial charge in [-0.05, 0) is 69.3 Å². The number of hydrogen-bond donors (Lipinski definition) is 6. The van der Waals surface area contributed by atoms with Crippen LogP contribution in [0.5, 0.6) is 0 Å². The van der Waals surface area contributed by atoms with E-state index in [-0.39, 0.29) is 44.3 Å². The lowest BCUT2D eigenvalue weighted by Gasteiger charge is -2.42. The largest absolute Gasteiger partial charge is 0.416 e. The second-order valence-corrected chi connectivity index (χ2v) is 16.6. The van der Waals surface area contributed by atoms with Crippen molar-refractivity contribution in [2.75, 3.05) is 24.6 Å². The van der Waals surface area contributed by atoms with Gasteiger partial charge in [-0.15, -0.1) is 0 Å². The smallest absolute Gasteiger partial charge is 0.386 e. The van der Waals surface area contributed by atoms with E-state index in [1.807, 2.05) is 0 Å². The van der Waals surface area contributed by atoms with Crippen molar-refractivity contribution in [3.05, 3.63) is 70.0 Å². The molecule has 302 valence electrons. The summed E-state index contributed by atoms with van der Waals surface area (Å²) >= 11 is 0. The fourth-order valence-electron chi connectivity index (χ4n) is 6.99. The minimum absolute atomic E-state index is 0.0494. The summed E-state index contributed by atoms with van der Waals surface area (Å²) in [4.78, 5) is 0. The standard InChI is InChI=1S/C17H24F3NO4S.C16H20F5NO4S/c18-17(19,20)14-7-4-6-13(12-14)15(22)16(8-2-1-3-9-16)21-10-5-11-26(23,24)25;17-10-9(11(18)13(20)14(21)12(10)19)15(23)16(5-2-1-3-6-16)22-7-4-8-27(24,25)26/h4,6-7,12,15,21-22H,1-3,5,8-11H2,(H,23,24,25);15,22-23H,1-8H2,(H,24,25,26). The molecule has 2 fully saturated rings. The van der Waals surface area contributed by atoms with Crippen molar-refractivity contribution in [3.63, 3.8) is 0 Å². The zero-order valence-corrected chi connectivity index (χ0v) is 30.2. The molecular formula is C33H44F8N2O8S2. The second kappa shape index (κ2) is 18.4. The zero-order chi connectivity index (χ0) is 39.8. The fraction of sp³-hybridized carbons (Fsp3) is 0.636. The molecule has 2 unspecified atom stereocenters. The summed E-state index contributed by atoms with van der Waals surface area (Å²) in [6.45, 7) is 0.183. The summed E-state index contributed by atoms with van der Waals surface area (Å²) in [6, 6.07) is 4.66. The third kappa shape index (κ3) is 12.3. The van der Waals surface area contributed by atoms with E-state index in [0.29, 0.717) is 25.7 Å². The van der Waals surface area contributed by atoms with Gasteiger partial charge in [0.25, 0.3) is 20.2 Å². The van der Waals surface area contributed by atoms with Gasteiger partial charge in [0.1, 0.15) is 6.10 Å². The summed E-state index contributed by atoms with van der Waals surface area (Å²) in [6.07, 6.45) is -1.58. The Hall–Kier alpha value is -2.46. The van der Waals surface area contributed by atoms with E-state index in [2.05, 4.69) is 10.6 Å². The third-order valence-corrected chi connectivity index (χ3v) is 11.3. The molecule has 0 bridgehead atoms. The van der Waals surface area contributed by atoms with E-state index in [9.17, 15) is 62.2 Å². The van der Waals surface area contributed by atoms with Gasteiger partial charge in [-0.2, -0.15) is 30.0 Å². The molecule has 4 rings (SSSR count). The predicted molar refractivity (Wildman–Crippen MR) is 177 cm³/mol. The number of rotatable bonds is 14. The van der Waals surface area contributed by atoms with Gasteiger partial charge in [-0.1, -0.05) is 50.7 Å². The molecule has 2 aromatic carbocycles. The Morgan fingerprint density at radius 1 is 0.642 bits per heavy atom. The fourth-order valence-corrected chi connectivity index (χ4v) is 8.00. The maximum Gasteiger partial charge on any atom is 0.416 e. The maximum atomic E-state index is 14.1. The van der Waals surface area contributed by atoms with Crippen molar-refractivity contribution in [1.29, 1.82) is 0 Å². The Bertz CT molecular complexity index is 1720. The van der Waals surface area contributed by atoms with Gasteiger partial charge < -0.3 is 20.8 Å². The molecule has 6 N–H and O–H groups in total. The van der Waals surface area contributed by atoms with E-state index in [4.69, 9.17) is 9.11 Å². The average Bonchev–Trinajstić information content (AvgIpc) is 3.10. The molecular weight excluding hydrogens is 768 g/mol. The molecule has 2 atom stereocenters. The Morgan fingerprint density at radius 3 is 1.43 bits per heavy atom. The summed E-state index contributed by atoms with van der Waals surface area (Å²) < 4.78 is 168. The zero-order valence-electron chi connectivity index (χ0n) is 28.5. The van der Waals surface area contributed by atoms with Crippen molar-refractivity contribution in [2.45, 2.75) is 107 Å². The Morgan fingerprint density at radius 2 is 1.04 bits per heavy atom. The first-order chi connectivity index (χ1) is 24.5. The van der Waals surface area contributed by atoms with Gasteiger partial charge >= 0.3 is 6.18 Å². The van der Waals surface area contributed by atoms with E-state index < -0.39 is 101 Å². The number of aliphatic hydroxyl groups is 2. The Kier molecular flexibility index (Phi) is 15.6. The number of hydrogen-bond acceptors (Lipinski definition) is 8. The summed E-state index contributed by atoms with van der Waals surface area (Å²) in [5.74, 6) is -11.8. The van der Waals surface area contributed by atoms with Crippen LogP contribution in [0.4, 0.5) is 35.1 Å². The van der Waals surface area contributed by atoms with Crippen LogP contribution in [0.3, 0.4) is 0 Å². The SMILES string of the molecule is O=S(=O)(O)CCCNC1(C(O)c2c(F)c(F)c(F)c(F)c2F)CCCCC1.O=S(=O)(O)CCCNC1(C(O)c2cccc(C(F)(F)F)c2)CCCCC1. The molecule has 0 radical (unpaired) electrons. The molecule has 0 amide bonds. The van der Waals surface area contributed by atoms with E-state index >= 15 is 0 Å². The van der Waals surface area contributed by atoms with E-state index in [1.165, 1.54) is 12.1 Å². The van der Waals surface area contributed by atoms with Crippen LogP contribution in [0.2, 0.25) is 0 Å². The lowest BCUT2D eigenvalue weighted by atomic mass is 9.75. The van der Waals surface area contributed by atoms with Crippen molar-refractivity contribution in [1.82, 2.24) is 10.6 Å². The molecule has 53 heavy (non-hydrogen) atoms. The second-order valence-electron chi connectivity index (χ2n) is 13.5. The summed E-state index contributed by atoms with van der Waals surface area (Å²) in [5.41, 5.74) is -4.12. The Balaban J connectivity index is 0.000000286. The first kappa shape index (κ1) is 44.9. The lowest BCUT2D eigenvalue weighted by Crippen LogP contribution is -2.52. The molecule has 2 aromatic rings. The summed E-state index contributed by atoms with van der Waals surface area (Å²) in [5, 5.41) is 27.4. The van der Waals surface area contributed by atoms with Crippen molar-refractivity contribution < 1.29 is 71.3 Å². The highest BCUT2D eigenvalue weighted by Gasteiger charge is 2.44. The van der Waals surface area contributed by atoms with Gasteiger partial charge in [-0.25, -0.2) is 22.0 Å². The number of halogens is 8. The average molecular weight is 813 g/mol. The molecule has 2 aliphatic rings. The first-order valence-electron chi connectivity index (χ1n) is 17.0. The van der Waals surface area contributed by atoms with Crippen LogP contribution in [-0.2, 0) is 26.4 Å². The van der Waals surface area contributed by atoms with Crippen LogP contribution in [-0.4, -0.2) is 71.8 Å². The number of alkyl halides is 3. The lowest BCUT2D eigenvalue weighted by molar-refractivity contribution is -0.137. The van der Waals surface area contributed by atoms with Crippen LogP contribution < -0.4 is 10.6 Å². The highest BCUT2D eigenvalue weighted by molar-refractivity contribution is 7.86. The van der Waals surface area contributed by atoms with Crippen LogP contribution in [0.15, 0.2) is 24.3 Å². The predicted octanol–water partition coefficient (Wildman–Crippen LogP) is 6.30. The third-order valence-electron chi connectivity index (χ3n) is 9.70. The van der Waals surface area contributed by atoms with Crippen molar-refractivity contribution in [2.24, 2.45) is 0 Å². The molecule has 2 saturated carbocycles. The first-order valence-corrected chi connectivity index (χ1v) is 20.2. The molecule has 2 aliphatic carbocycles. The van der Waals surface area contributed by atoms with Crippen molar-refractivity contribution in [3.8, 4) is 0 Å². The van der Waals surface area contributed by atoms with Crippen molar-refractivity contribution >= 4 is 20.2 Å². The Labute approximate surface area is 302 Å².